The van der Waals surface area contributed by atoms with Crippen LogP contribution in [0.3, 0.4) is 0 Å². The Labute approximate surface area is 169 Å². The van der Waals surface area contributed by atoms with Crippen LogP contribution in [0, 0.1) is 5.92 Å². The van der Waals surface area contributed by atoms with Gasteiger partial charge in [0.05, 0.1) is 23.2 Å². The zero-order valence-corrected chi connectivity index (χ0v) is 16.9. The van der Waals surface area contributed by atoms with E-state index in [1.165, 1.54) is 0 Å². The fraction of sp³-hybridized carbons (Fsp3) is 0.571. The molecule has 2 aromatic heterocycles. The summed E-state index contributed by atoms with van der Waals surface area (Å²) in [5, 5.41) is 3.13. The minimum Gasteiger partial charge on any atom is -0.378 e. The highest BCUT2D eigenvalue weighted by atomic mass is 16.5. The second-order valence-electron chi connectivity index (χ2n) is 8.62. The van der Waals surface area contributed by atoms with E-state index in [0.717, 1.165) is 25.1 Å². The number of hydrogen-bond donors (Lipinski definition) is 1. The maximum Gasteiger partial charge on any atom is 0.253 e. The number of nitrogens with zero attached hydrogens (tertiary/aromatic N) is 4. The van der Waals surface area contributed by atoms with Crippen LogP contribution in [0.1, 0.15) is 48.4 Å². The van der Waals surface area contributed by atoms with Crippen molar-refractivity contribution >= 4 is 11.8 Å². The van der Waals surface area contributed by atoms with Gasteiger partial charge >= 0.3 is 0 Å². The maximum absolute atomic E-state index is 12.8. The molecule has 0 radical (unpaired) electrons. The molecule has 1 unspecified atom stereocenters. The van der Waals surface area contributed by atoms with Crippen molar-refractivity contribution in [3.8, 4) is 0 Å². The van der Waals surface area contributed by atoms with E-state index in [9.17, 15) is 9.59 Å². The van der Waals surface area contributed by atoms with Gasteiger partial charge in [-0.2, -0.15) is 0 Å². The van der Waals surface area contributed by atoms with Crippen LogP contribution in [0.25, 0.3) is 0 Å². The summed E-state index contributed by atoms with van der Waals surface area (Å²) in [4.78, 5) is 31.8. The number of imidazole rings is 1. The summed E-state index contributed by atoms with van der Waals surface area (Å²) in [6.07, 6.45) is 10.1. The number of likely N-dealkylation sites (tertiary alicyclic amines) is 1. The molecule has 4 heterocycles. The van der Waals surface area contributed by atoms with Crippen molar-refractivity contribution in [2.45, 2.75) is 43.9 Å². The van der Waals surface area contributed by atoms with Gasteiger partial charge in [-0.05, 0) is 25.8 Å². The first-order valence-corrected chi connectivity index (χ1v) is 10.4. The monoisotopic (exact) mass is 397 g/mol. The van der Waals surface area contributed by atoms with Crippen LogP contribution in [-0.2, 0) is 22.1 Å². The van der Waals surface area contributed by atoms with E-state index in [4.69, 9.17) is 4.74 Å². The molecule has 2 aromatic rings. The van der Waals surface area contributed by atoms with Gasteiger partial charge in [-0.3, -0.25) is 9.59 Å². The molecule has 1 N–H and O–H groups in total. The summed E-state index contributed by atoms with van der Waals surface area (Å²) in [6.45, 7) is 4.06. The third kappa shape index (κ3) is 2.97. The van der Waals surface area contributed by atoms with Crippen molar-refractivity contribution in [2.24, 2.45) is 13.0 Å². The molecule has 5 rings (SSSR count). The van der Waals surface area contributed by atoms with E-state index in [1.807, 2.05) is 48.1 Å². The van der Waals surface area contributed by atoms with E-state index >= 15 is 0 Å². The molecule has 0 aromatic carbocycles. The highest BCUT2D eigenvalue weighted by Gasteiger charge is 2.55. The molecule has 3 aliphatic rings. The zero-order valence-electron chi connectivity index (χ0n) is 16.9. The van der Waals surface area contributed by atoms with Gasteiger partial charge in [-0.1, -0.05) is 0 Å². The average Bonchev–Trinajstić information content (AvgIpc) is 3.33. The van der Waals surface area contributed by atoms with Gasteiger partial charge < -0.3 is 24.1 Å². The second kappa shape index (κ2) is 6.73. The number of rotatable bonds is 5. The Hall–Kier alpha value is -2.61. The van der Waals surface area contributed by atoms with Crippen LogP contribution in [0.15, 0.2) is 30.9 Å². The molecule has 2 aliphatic heterocycles. The third-order valence-corrected chi connectivity index (χ3v) is 6.60. The molecule has 2 amide bonds. The number of aryl methyl sites for hydroxylation is 1. The van der Waals surface area contributed by atoms with Crippen molar-refractivity contribution < 1.29 is 14.3 Å². The van der Waals surface area contributed by atoms with Gasteiger partial charge in [0.15, 0.2) is 0 Å². The number of carbonyl (C=O) groups is 2. The molecule has 0 bridgehead atoms. The molecule has 1 atom stereocenters. The predicted molar refractivity (Wildman–Crippen MR) is 105 cm³/mol. The number of nitrogens with one attached hydrogen (secondary N) is 1. The Kier molecular flexibility index (Phi) is 4.27. The summed E-state index contributed by atoms with van der Waals surface area (Å²) >= 11 is 0. The molecule has 1 saturated heterocycles. The largest absolute Gasteiger partial charge is 0.378 e. The van der Waals surface area contributed by atoms with Crippen molar-refractivity contribution in [2.75, 3.05) is 19.7 Å². The fourth-order valence-corrected chi connectivity index (χ4v) is 5.04. The van der Waals surface area contributed by atoms with Crippen LogP contribution >= 0.6 is 0 Å². The van der Waals surface area contributed by atoms with E-state index in [0.29, 0.717) is 25.3 Å². The summed E-state index contributed by atoms with van der Waals surface area (Å²) < 4.78 is 9.61. The number of ether oxygens (including phenoxy) is 1. The van der Waals surface area contributed by atoms with Gasteiger partial charge in [-0.25, -0.2) is 4.98 Å². The lowest BCUT2D eigenvalue weighted by Gasteiger charge is -2.51. The Balaban J connectivity index is 1.23. The van der Waals surface area contributed by atoms with Crippen molar-refractivity contribution in [3.05, 3.63) is 42.2 Å². The molecule has 1 aliphatic carbocycles. The lowest BCUT2D eigenvalue weighted by Crippen LogP contribution is -2.64. The van der Waals surface area contributed by atoms with Crippen LogP contribution in [0.4, 0.5) is 0 Å². The van der Waals surface area contributed by atoms with Gasteiger partial charge in [0.2, 0.25) is 5.91 Å². The first-order chi connectivity index (χ1) is 14.0. The summed E-state index contributed by atoms with van der Waals surface area (Å²) in [7, 11) is 1.90. The predicted octanol–water partition coefficient (Wildman–Crippen LogP) is 1.45. The molecule has 1 saturated carbocycles. The minimum absolute atomic E-state index is 0.0918. The normalized spacial score (nSPS) is 26.7. The summed E-state index contributed by atoms with van der Waals surface area (Å²) in [6, 6.07) is 1.67. The van der Waals surface area contributed by atoms with Crippen LogP contribution in [-0.4, -0.2) is 56.6 Å². The highest BCUT2D eigenvalue weighted by molar-refractivity contribution is 5.94. The van der Waals surface area contributed by atoms with Crippen LogP contribution < -0.4 is 5.32 Å². The molecule has 8 heteroatoms. The number of fused-ring (bicyclic) bond motifs is 2. The van der Waals surface area contributed by atoms with Crippen molar-refractivity contribution in [1.82, 2.24) is 24.3 Å². The number of aromatic nitrogens is 3. The molecule has 8 nitrogen and oxygen atoms in total. The quantitative estimate of drug-likeness (QED) is 0.828. The fourth-order valence-electron chi connectivity index (χ4n) is 5.04. The number of amides is 2. The van der Waals surface area contributed by atoms with Gasteiger partial charge in [-0.15, -0.1) is 0 Å². The lowest BCUT2D eigenvalue weighted by molar-refractivity contribution is -0.155. The first-order valence-electron chi connectivity index (χ1n) is 10.4. The molecule has 2 fully saturated rings. The van der Waals surface area contributed by atoms with E-state index < -0.39 is 0 Å². The molecular weight excluding hydrogens is 370 g/mol. The van der Waals surface area contributed by atoms with E-state index in [-0.39, 0.29) is 35.4 Å². The van der Waals surface area contributed by atoms with Crippen LogP contribution in [0.2, 0.25) is 0 Å². The highest BCUT2D eigenvalue weighted by Crippen LogP contribution is 2.46. The Morgan fingerprint density at radius 2 is 2.10 bits per heavy atom. The summed E-state index contributed by atoms with van der Waals surface area (Å²) in [5.41, 5.74) is 0.491. The second-order valence-corrected chi connectivity index (χ2v) is 8.62. The average molecular weight is 397 g/mol. The van der Waals surface area contributed by atoms with Crippen molar-refractivity contribution in [1.29, 1.82) is 0 Å². The van der Waals surface area contributed by atoms with Crippen molar-refractivity contribution in [3.63, 3.8) is 0 Å². The molecule has 1 spiro atoms. The Morgan fingerprint density at radius 1 is 1.31 bits per heavy atom. The van der Waals surface area contributed by atoms with Gasteiger partial charge in [0.25, 0.3) is 5.91 Å². The molecule has 154 valence electrons. The lowest BCUT2D eigenvalue weighted by atomic mass is 9.78. The molecular formula is C21H27N5O3. The zero-order chi connectivity index (χ0) is 20.2. The Morgan fingerprint density at radius 3 is 2.79 bits per heavy atom. The van der Waals surface area contributed by atoms with E-state index in [1.54, 1.807) is 6.20 Å². The standard InChI is InChI=1S/C21H27N5O3/c1-3-29-16-8-15(9-16)20(28)25-12-21(13-25)10-17(18-22-5-7-26(18)21)23-19(27)14-4-6-24(2)11-14/h4-7,11,15-17H,3,8-10,12-13H2,1-2H3,(H,23,27). The SMILES string of the molecule is CCOC1CC(C(=O)N2CC3(CC(NC(=O)c4ccn(C)c4)c4nccn43)C2)C1. The van der Waals surface area contributed by atoms with Gasteiger partial charge in [0.1, 0.15) is 5.82 Å². The molecule has 29 heavy (non-hydrogen) atoms. The number of hydrogen-bond acceptors (Lipinski definition) is 4. The smallest absolute Gasteiger partial charge is 0.253 e. The summed E-state index contributed by atoms with van der Waals surface area (Å²) in [5.74, 6) is 1.12. The maximum atomic E-state index is 12.8. The van der Waals surface area contributed by atoms with E-state index in [2.05, 4.69) is 14.9 Å². The first kappa shape index (κ1) is 18.4. The van der Waals surface area contributed by atoms with Crippen LogP contribution in [0.5, 0.6) is 0 Å². The number of carbonyl (C=O) groups excluding carboxylic acids is 2. The third-order valence-electron chi connectivity index (χ3n) is 6.60. The topological polar surface area (TPSA) is 81.4 Å². The van der Waals surface area contributed by atoms with Gasteiger partial charge in [0, 0.05) is 63.9 Å². The minimum atomic E-state index is -0.154. The Bertz CT molecular complexity index is 936.